The van der Waals surface area contributed by atoms with E-state index in [1.54, 1.807) is 0 Å². The van der Waals surface area contributed by atoms with Crippen molar-refractivity contribution in [1.82, 2.24) is 4.98 Å². The molecule has 3 aromatic rings. The van der Waals surface area contributed by atoms with Gasteiger partial charge in [-0.05, 0) is 43.3 Å². The molecule has 0 saturated heterocycles. The first-order valence-corrected chi connectivity index (χ1v) is 7.36. The van der Waals surface area contributed by atoms with Gasteiger partial charge in [-0.2, -0.15) is 0 Å². The van der Waals surface area contributed by atoms with E-state index in [2.05, 4.69) is 26.2 Å². The maximum Gasteiger partial charge on any atom is 0.257 e. The average molecular weight is 341 g/mol. The molecule has 0 fully saturated rings. The van der Waals surface area contributed by atoms with Crippen molar-refractivity contribution >= 4 is 38.4 Å². The number of aromatic nitrogens is 1. The van der Waals surface area contributed by atoms with Gasteiger partial charge in [-0.25, -0.2) is 0 Å². The number of benzene rings is 2. The summed E-state index contributed by atoms with van der Waals surface area (Å²) >= 11 is 3.37. The molecule has 2 aromatic carbocycles. The minimum Gasteiger partial charge on any atom is -0.322 e. The topological polar surface area (TPSA) is 42.0 Å². The minimum atomic E-state index is -0.145. The molecule has 0 aliphatic heterocycles. The second-order valence-electron chi connectivity index (χ2n) is 4.78. The SMILES string of the molecule is Cc1nc2ccccc2cc1C(=O)Nc1ccc(Br)cc1. The number of pyridine rings is 1. The van der Waals surface area contributed by atoms with Crippen LogP contribution in [0.1, 0.15) is 16.1 Å². The fourth-order valence-electron chi connectivity index (χ4n) is 2.17. The lowest BCUT2D eigenvalue weighted by atomic mass is 10.1. The Morgan fingerprint density at radius 1 is 1.10 bits per heavy atom. The van der Waals surface area contributed by atoms with Gasteiger partial charge in [0.2, 0.25) is 0 Å². The Balaban J connectivity index is 1.93. The molecule has 0 saturated carbocycles. The van der Waals surface area contributed by atoms with Gasteiger partial charge in [0.1, 0.15) is 0 Å². The van der Waals surface area contributed by atoms with Crippen molar-refractivity contribution in [2.24, 2.45) is 0 Å². The molecule has 3 rings (SSSR count). The van der Waals surface area contributed by atoms with Crippen molar-refractivity contribution in [3.63, 3.8) is 0 Å². The number of rotatable bonds is 2. The predicted octanol–water partition coefficient (Wildman–Crippen LogP) is 4.56. The van der Waals surface area contributed by atoms with E-state index in [1.165, 1.54) is 0 Å². The number of fused-ring (bicyclic) bond motifs is 1. The van der Waals surface area contributed by atoms with Crippen LogP contribution in [0.2, 0.25) is 0 Å². The lowest BCUT2D eigenvalue weighted by Gasteiger charge is -2.09. The molecule has 4 heteroatoms. The highest BCUT2D eigenvalue weighted by Crippen LogP contribution is 2.19. The van der Waals surface area contributed by atoms with Crippen LogP contribution in [-0.4, -0.2) is 10.9 Å². The van der Waals surface area contributed by atoms with Gasteiger partial charge in [0, 0.05) is 15.5 Å². The number of carbonyl (C=O) groups excluding carboxylic acids is 1. The third-order valence-corrected chi connectivity index (χ3v) is 3.79. The molecular formula is C17H13BrN2O. The first-order valence-electron chi connectivity index (χ1n) is 6.57. The summed E-state index contributed by atoms with van der Waals surface area (Å²) in [5, 5.41) is 3.85. The van der Waals surface area contributed by atoms with Crippen molar-refractivity contribution in [2.75, 3.05) is 5.32 Å². The number of anilines is 1. The van der Waals surface area contributed by atoms with Crippen molar-refractivity contribution in [2.45, 2.75) is 6.92 Å². The molecule has 1 amide bonds. The van der Waals surface area contributed by atoms with Crippen LogP contribution in [0.15, 0.2) is 59.1 Å². The number of hydrogen-bond donors (Lipinski definition) is 1. The van der Waals surface area contributed by atoms with Crippen LogP contribution in [0, 0.1) is 6.92 Å². The third kappa shape index (κ3) is 2.95. The number of aryl methyl sites for hydroxylation is 1. The highest BCUT2D eigenvalue weighted by Gasteiger charge is 2.11. The maximum absolute atomic E-state index is 12.4. The van der Waals surface area contributed by atoms with E-state index in [-0.39, 0.29) is 5.91 Å². The van der Waals surface area contributed by atoms with Crippen LogP contribution in [-0.2, 0) is 0 Å². The first-order chi connectivity index (χ1) is 10.1. The van der Waals surface area contributed by atoms with Crippen LogP contribution < -0.4 is 5.32 Å². The zero-order valence-corrected chi connectivity index (χ0v) is 13.0. The van der Waals surface area contributed by atoms with Crippen molar-refractivity contribution < 1.29 is 4.79 Å². The van der Waals surface area contributed by atoms with E-state index in [4.69, 9.17) is 0 Å². The molecule has 0 bridgehead atoms. The van der Waals surface area contributed by atoms with Crippen LogP contribution in [0.3, 0.4) is 0 Å². The predicted molar refractivity (Wildman–Crippen MR) is 88.6 cm³/mol. The number of para-hydroxylation sites is 1. The molecule has 1 heterocycles. The van der Waals surface area contributed by atoms with Gasteiger partial charge in [0.05, 0.1) is 16.8 Å². The highest BCUT2D eigenvalue weighted by molar-refractivity contribution is 9.10. The number of nitrogens with zero attached hydrogens (tertiary/aromatic N) is 1. The highest BCUT2D eigenvalue weighted by atomic mass is 79.9. The average Bonchev–Trinajstić information content (AvgIpc) is 2.49. The molecule has 21 heavy (non-hydrogen) atoms. The normalized spacial score (nSPS) is 10.6. The third-order valence-electron chi connectivity index (χ3n) is 3.26. The maximum atomic E-state index is 12.4. The number of amides is 1. The lowest BCUT2D eigenvalue weighted by molar-refractivity contribution is 0.102. The van der Waals surface area contributed by atoms with E-state index < -0.39 is 0 Å². The summed E-state index contributed by atoms with van der Waals surface area (Å²) in [4.78, 5) is 16.9. The Kier molecular flexibility index (Phi) is 3.71. The van der Waals surface area contributed by atoms with Gasteiger partial charge in [-0.15, -0.1) is 0 Å². The quantitative estimate of drug-likeness (QED) is 0.743. The van der Waals surface area contributed by atoms with Gasteiger partial charge in [0.15, 0.2) is 0 Å². The van der Waals surface area contributed by atoms with Gasteiger partial charge in [0.25, 0.3) is 5.91 Å². The molecule has 0 atom stereocenters. The molecule has 0 radical (unpaired) electrons. The van der Waals surface area contributed by atoms with E-state index in [0.717, 1.165) is 26.8 Å². The fourth-order valence-corrected chi connectivity index (χ4v) is 2.44. The Labute approximate surface area is 131 Å². The van der Waals surface area contributed by atoms with E-state index in [1.807, 2.05) is 61.5 Å². The molecule has 1 aromatic heterocycles. The van der Waals surface area contributed by atoms with Crippen molar-refractivity contribution in [1.29, 1.82) is 0 Å². The fraction of sp³-hybridized carbons (Fsp3) is 0.0588. The van der Waals surface area contributed by atoms with Gasteiger partial charge < -0.3 is 5.32 Å². The number of halogens is 1. The van der Waals surface area contributed by atoms with E-state index >= 15 is 0 Å². The Hall–Kier alpha value is -2.20. The standard InChI is InChI=1S/C17H13BrN2O/c1-11-15(10-12-4-2-3-5-16(12)19-11)17(21)20-14-8-6-13(18)7-9-14/h2-10H,1H3,(H,20,21). The smallest absolute Gasteiger partial charge is 0.257 e. The number of hydrogen-bond acceptors (Lipinski definition) is 2. The largest absolute Gasteiger partial charge is 0.322 e. The first kappa shape index (κ1) is 13.8. The Morgan fingerprint density at radius 3 is 2.57 bits per heavy atom. The molecule has 1 N–H and O–H groups in total. The van der Waals surface area contributed by atoms with Gasteiger partial charge in [-0.1, -0.05) is 34.1 Å². The summed E-state index contributed by atoms with van der Waals surface area (Å²) in [6.07, 6.45) is 0. The molecule has 0 aliphatic carbocycles. The molecular weight excluding hydrogens is 328 g/mol. The van der Waals surface area contributed by atoms with Crippen molar-refractivity contribution in [3.8, 4) is 0 Å². The van der Waals surface area contributed by atoms with Crippen molar-refractivity contribution in [3.05, 3.63) is 70.3 Å². The molecule has 0 aliphatic rings. The number of nitrogens with one attached hydrogen (secondary N) is 1. The minimum absolute atomic E-state index is 0.145. The van der Waals surface area contributed by atoms with Gasteiger partial charge in [-0.3, -0.25) is 9.78 Å². The summed E-state index contributed by atoms with van der Waals surface area (Å²) < 4.78 is 0.976. The second kappa shape index (κ2) is 5.66. The molecule has 3 nitrogen and oxygen atoms in total. The summed E-state index contributed by atoms with van der Waals surface area (Å²) in [7, 11) is 0. The van der Waals surface area contributed by atoms with Gasteiger partial charge >= 0.3 is 0 Å². The molecule has 0 unspecified atom stereocenters. The zero-order chi connectivity index (χ0) is 14.8. The molecule has 104 valence electrons. The summed E-state index contributed by atoms with van der Waals surface area (Å²) in [5.41, 5.74) is 2.98. The van der Waals surface area contributed by atoms with E-state index in [0.29, 0.717) is 5.56 Å². The summed E-state index contributed by atoms with van der Waals surface area (Å²) in [5.74, 6) is -0.145. The van der Waals surface area contributed by atoms with Crippen LogP contribution in [0.25, 0.3) is 10.9 Å². The Morgan fingerprint density at radius 2 is 1.81 bits per heavy atom. The second-order valence-corrected chi connectivity index (χ2v) is 5.69. The zero-order valence-electron chi connectivity index (χ0n) is 11.4. The monoisotopic (exact) mass is 340 g/mol. The van der Waals surface area contributed by atoms with Crippen LogP contribution >= 0.6 is 15.9 Å². The Bertz CT molecular complexity index is 813. The lowest BCUT2D eigenvalue weighted by Crippen LogP contribution is -2.14. The summed E-state index contributed by atoms with van der Waals surface area (Å²) in [6.45, 7) is 1.85. The van der Waals surface area contributed by atoms with Crippen LogP contribution in [0.4, 0.5) is 5.69 Å². The molecule has 0 spiro atoms. The summed E-state index contributed by atoms with van der Waals surface area (Å²) in [6, 6.07) is 17.1. The van der Waals surface area contributed by atoms with E-state index in [9.17, 15) is 4.79 Å². The number of carbonyl (C=O) groups is 1. The van der Waals surface area contributed by atoms with Crippen LogP contribution in [0.5, 0.6) is 0 Å².